The zero-order valence-corrected chi connectivity index (χ0v) is 20.2. The maximum atomic E-state index is 14.6. The molecule has 0 N–H and O–H groups in total. The van der Waals surface area contributed by atoms with Crippen molar-refractivity contribution in [1.29, 1.82) is 0 Å². The van der Waals surface area contributed by atoms with Crippen molar-refractivity contribution in [1.82, 2.24) is 29.8 Å². The van der Waals surface area contributed by atoms with Gasteiger partial charge in [0.2, 0.25) is 0 Å². The molecule has 0 saturated heterocycles. The zero-order valence-electron chi connectivity index (χ0n) is 19.4. The number of aliphatic imine (C=N–C) groups is 1. The van der Waals surface area contributed by atoms with Crippen LogP contribution in [-0.2, 0) is 0 Å². The molecular weight excluding hydrogens is 500 g/mol. The van der Waals surface area contributed by atoms with Crippen molar-refractivity contribution in [3.63, 3.8) is 0 Å². The Balaban J connectivity index is 1.25. The minimum absolute atomic E-state index is 0.133. The smallest absolute Gasteiger partial charge is 0.254 e. The quantitative estimate of drug-likeness (QED) is 0.392. The summed E-state index contributed by atoms with van der Waals surface area (Å²) in [4.78, 5) is 22.9. The number of nitrogens with zero attached hydrogens (tertiary/aromatic N) is 7. The third-order valence-electron chi connectivity index (χ3n) is 7.39. The molecule has 11 heteroatoms. The molecule has 184 valence electrons. The standard InChI is InChI=1S/C26H18ClF2N7O/c1-12-2-4-15(24(29)23(12)28)13-6-20(30-10-13)25-16-8-17(16)26-32-19(9-22(37)36(25)26)18-7-14(27)3-5-21(18)35-11-31-33-34-35/h2-5,7,9-11,16-17,25H,6,8H2,1H3. The summed E-state index contributed by atoms with van der Waals surface area (Å²) >= 11 is 6.28. The lowest BCUT2D eigenvalue weighted by atomic mass is 9.96. The topological polar surface area (TPSA) is 90.8 Å². The van der Waals surface area contributed by atoms with Gasteiger partial charge in [-0.1, -0.05) is 23.7 Å². The second kappa shape index (κ2) is 7.97. The van der Waals surface area contributed by atoms with Crippen molar-refractivity contribution in [2.45, 2.75) is 31.7 Å². The van der Waals surface area contributed by atoms with Crippen LogP contribution in [0.4, 0.5) is 8.78 Å². The van der Waals surface area contributed by atoms with Gasteiger partial charge in [0.05, 0.1) is 17.4 Å². The summed E-state index contributed by atoms with van der Waals surface area (Å²) in [5.41, 5.74) is 3.38. The van der Waals surface area contributed by atoms with E-state index in [0.717, 1.165) is 12.1 Å². The summed E-state index contributed by atoms with van der Waals surface area (Å²) in [5.74, 6) is -0.699. The summed E-state index contributed by atoms with van der Waals surface area (Å²) < 4.78 is 32.0. The first-order chi connectivity index (χ1) is 17.9. The Morgan fingerprint density at radius 2 is 1.95 bits per heavy atom. The molecule has 0 bridgehead atoms. The van der Waals surface area contributed by atoms with E-state index < -0.39 is 11.6 Å². The van der Waals surface area contributed by atoms with E-state index in [4.69, 9.17) is 16.6 Å². The summed E-state index contributed by atoms with van der Waals surface area (Å²) in [6.07, 6.45) is 4.27. The molecule has 0 radical (unpaired) electrons. The second-order valence-corrected chi connectivity index (χ2v) is 10.0. The first-order valence-electron chi connectivity index (χ1n) is 11.8. The van der Waals surface area contributed by atoms with Gasteiger partial charge in [0.25, 0.3) is 5.56 Å². The van der Waals surface area contributed by atoms with Crippen molar-refractivity contribution < 1.29 is 8.78 Å². The molecule has 1 aliphatic carbocycles. The van der Waals surface area contributed by atoms with Crippen molar-refractivity contribution in [2.75, 3.05) is 0 Å². The minimum atomic E-state index is -0.873. The van der Waals surface area contributed by atoms with Crippen LogP contribution in [0.25, 0.3) is 22.5 Å². The number of aromatic nitrogens is 6. The average molecular weight is 518 g/mol. The Kier molecular flexibility index (Phi) is 4.78. The van der Waals surface area contributed by atoms with Gasteiger partial charge in [0, 0.05) is 46.5 Å². The van der Waals surface area contributed by atoms with Gasteiger partial charge >= 0.3 is 0 Å². The normalized spacial score (nSPS) is 21.5. The van der Waals surface area contributed by atoms with Crippen LogP contribution in [0, 0.1) is 24.5 Å². The molecule has 8 nitrogen and oxygen atoms in total. The van der Waals surface area contributed by atoms with Crippen LogP contribution >= 0.6 is 11.6 Å². The van der Waals surface area contributed by atoms with Crippen molar-refractivity contribution >= 4 is 22.9 Å². The van der Waals surface area contributed by atoms with E-state index in [9.17, 15) is 13.6 Å². The average Bonchev–Trinajstić information content (AvgIpc) is 3.23. The van der Waals surface area contributed by atoms with Crippen LogP contribution in [0.15, 0.2) is 58.7 Å². The Labute approximate surface area is 214 Å². The molecule has 3 atom stereocenters. The highest BCUT2D eigenvalue weighted by Gasteiger charge is 2.55. The van der Waals surface area contributed by atoms with Crippen LogP contribution in [0.1, 0.15) is 41.8 Å². The van der Waals surface area contributed by atoms with Crippen LogP contribution in [0.3, 0.4) is 0 Å². The Morgan fingerprint density at radius 1 is 1.08 bits per heavy atom. The first kappa shape index (κ1) is 22.2. The predicted octanol–water partition coefficient (Wildman–Crippen LogP) is 4.67. The van der Waals surface area contributed by atoms with Crippen molar-refractivity contribution in [2.24, 2.45) is 10.9 Å². The van der Waals surface area contributed by atoms with Gasteiger partial charge in [-0.25, -0.2) is 13.8 Å². The van der Waals surface area contributed by atoms with E-state index in [1.54, 1.807) is 41.1 Å². The number of halogens is 3. The molecule has 1 fully saturated rings. The van der Waals surface area contributed by atoms with Crippen molar-refractivity contribution in [3.8, 4) is 16.9 Å². The van der Waals surface area contributed by atoms with Gasteiger partial charge in [-0.3, -0.25) is 14.4 Å². The minimum Gasteiger partial charge on any atom is -0.287 e. The number of fused-ring (bicyclic) bond motifs is 3. The number of benzene rings is 2. The summed E-state index contributed by atoms with van der Waals surface area (Å²) in [6.45, 7) is 1.53. The molecule has 3 unspecified atom stereocenters. The fourth-order valence-corrected chi connectivity index (χ4v) is 5.68. The van der Waals surface area contributed by atoms with E-state index in [1.807, 2.05) is 0 Å². The Bertz CT molecular complexity index is 1730. The number of tetrazole rings is 1. The maximum absolute atomic E-state index is 14.6. The highest BCUT2D eigenvalue weighted by atomic mass is 35.5. The fraction of sp³-hybridized carbons (Fsp3) is 0.231. The molecular formula is C26H18ClF2N7O. The molecule has 1 saturated carbocycles. The molecule has 4 heterocycles. The molecule has 0 amide bonds. The number of rotatable bonds is 4. The van der Waals surface area contributed by atoms with Crippen LogP contribution in [0.2, 0.25) is 5.02 Å². The number of allylic oxidation sites excluding steroid dienone is 1. The van der Waals surface area contributed by atoms with Gasteiger partial charge in [0.1, 0.15) is 12.2 Å². The Hall–Kier alpha value is -4.05. The maximum Gasteiger partial charge on any atom is 0.254 e. The fourth-order valence-electron chi connectivity index (χ4n) is 5.51. The van der Waals surface area contributed by atoms with E-state index in [2.05, 4.69) is 20.5 Å². The van der Waals surface area contributed by atoms with Crippen LogP contribution in [-0.4, -0.2) is 35.5 Å². The predicted molar refractivity (Wildman–Crippen MR) is 133 cm³/mol. The van der Waals surface area contributed by atoms with E-state index in [-0.39, 0.29) is 34.6 Å². The van der Waals surface area contributed by atoms with Gasteiger partial charge in [-0.05, 0) is 59.0 Å². The van der Waals surface area contributed by atoms with Crippen LogP contribution < -0.4 is 5.56 Å². The lowest BCUT2D eigenvalue weighted by Gasteiger charge is -2.19. The number of aryl methyl sites for hydroxylation is 1. The molecule has 37 heavy (non-hydrogen) atoms. The lowest BCUT2D eigenvalue weighted by molar-refractivity contribution is 0.500. The van der Waals surface area contributed by atoms with E-state index in [0.29, 0.717) is 39.8 Å². The van der Waals surface area contributed by atoms with Crippen LogP contribution in [0.5, 0.6) is 0 Å². The molecule has 4 aromatic rings. The van der Waals surface area contributed by atoms with Gasteiger partial charge in [-0.15, -0.1) is 5.10 Å². The molecule has 2 aliphatic heterocycles. The molecule has 0 spiro atoms. The highest BCUT2D eigenvalue weighted by Crippen LogP contribution is 2.59. The summed E-state index contributed by atoms with van der Waals surface area (Å²) in [7, 11) is 0. The monoisotopic (exact) mass is 517 g/mol. The second-order valence-electron chi connectivity index (χ2n) is 9.58. The summed E-state index contributed by atoms with van der Waals surface area (Å²) in [6, 6.07) is 9.59. The number of hydrogen-bond acceptors (Lipinski definition) is 6. The zero-order chi connectivity index (χ0) is 25.4. The van der Waals surface area contributed by atoms with E-state index in [1.165, 1.54) is 24.0 Å². The number of hydrogen-bond donors (Lipinski definition) is 0. The van der Waals surface area contributed by atoms with E-state index >= 15 is 0 Å². The third-order valence-corrected chi connectivity index (χ3v) is 7.62. The lowest BCUT2D eigenvalue weighted by Crippen LogP contribution is -2.30. The molecule has 7 rings (SSSR count). The highest BCUT2D eigenvalue weighted by molar-refractivity contribution is 6.31. The van der Waals surface area contributed by atoms with Gasteiger partial charge in [0.15, 0.2) is 11.6 Å². The van der Waals surface area contributed by atoms with Gasteiger partial charge < -0.3 is 0 Å². The largest absolute Gasteiger partial charge is 0.287 e. The molecule has 3 aliphatic rings. The first-order valence-corrected chi connectivity index (χ1v) is 12.2. The molecule has 2 aromatic carbocycles. The van der Waals surface area contributed by atoms with Gasteiger partial charge in [-0.2, -0.15) is 4.68 Å². The third kappa shape index (κ3) is 3.39. The van der Waals surface area contributed by atoms with Crippen molar-refractivity contribution in [3.05, 3.63) is 92.9 Å². The SMILES string of the molecule is Cc1ccc(C2=CN=C(C3C4CC4c4nc(-c5cc(Cl)ccc5-n5cnnn5)cc(=O)n43)C2)c(F)c1F. The summed E-state index contributed by atoms with van der Waals surface area (Å²) in [5, 5.41) is 11.9. The molecule has 2 aromatic heterocycles. The Morgan fingerprint density at radius 3 is 2.76 bits per heavy atom.